The lowest BCUT2D eigenvalue weighted by atomic mass is 9.94. The maximum Gasteiger partial charge on any atom is 0.308 e. The highest BCUT2D eigenvalue weighted by molar-refractivity contribution is 5.72. The molecule has 1 N–H and O–H groups in total. The standard InChI is InChI=1S/C20H40O3/c1-4-6-8-10-11-13-15-19(14-12-9-7-5-2)20(22)23-17-18(3)16-21/h18-19,21H,4-17H2,1-3H3. The molecule has 0 bridgehead atoms. The van der Waals surface area contributed by atoms with Crippen molar-refractivity contribution >= 4 is 5.97 Å². The second kappa shape index (κ2) is 16.3. The Kier molecular flexibility index (Phi) is 15.9. The predicted molar refractivity (Wildman–Crippen MR) is 97.5 cm³/mol. The van der Waals surface area contributed by atoms with Crippen LogP contribution < -0.4 is 0 Å². The Morgan fingerprint density at radius 1 is 0.870 bits per heavy atom. The van der Waals surface area contributed by atoms with Gasteiger partial charge in [0.05, 0.1) is 12.5 Å². The number of hydrogen-bond donors (Lipinski definition) is 1. The summed E-state index contributed by atoms with van der Waals surface area (Å²) in [4.78, 5) is 12.3. The van der Waals surface area contributed by atoms with E-state index in [9.17, 15) is 4.79 Å². The summed E-state index contributed by atoms with van der Waals surface area (Å²) in [6.45, 7) is 6.76. The minimum absolute atomic E-state index is 0.0359. The van der Waals surface area contributed by atoms with Crippen LogP contribution in [0.1, 0.15) is 97.8 Å². The number of esters is 1. The Balaban J connectivity index is 4.07. The fourth-order valence-corrected chi connectivity index (χ4v) is 2.76. The van der Waals surface area contributed by atoms with Gasteiger partial charge in [-0.05, 0) is 12.8 Å². The van der Waals surface area contributed by atoms with E-state index in [1.165, 1.54) is 51.4 Å². The second-order valence-corrected chi connectivity index (χ2v) is 7.02. The highest BCUT2D eigenvalue weighted by Crippen LogP contribution is 2.20. The van der Waals surface area contributed by atoms with Crippen LogP contribution in [0.25, 0.3) is 0 Å². The summed E-state index contributed by atoms with van der Waals surface area (Å²) in [5.74, 6) is 0.0491. The number of rotatable bonds is 16. The quantitative estimate of drug-likeness (QED) is 0.301. The molecule has 0 rings (SSSR count). The van der Waals surface area contributed by atoms with Crippen LogP contribution in [-0.2, 0) is 9.53 Å². The Bertz CT molecular complexity index is 266. The van der Waals surface area contributed by atoms with Crippen molar-refractivity contribution in [2.24, 2.45) is 11.8 Å². The molecule has 0 heterocycles. The third kappa shape index (κ3) is 13.6. The molecular weight excluding hydrogens is 288 g/mol. The Labute approximate surface area is 144 Å². The van der Waals surface area contributed by atoms with Gasteiger partial charge in [0.2, 0.25) is 0 Å². The van der Waals surface area contributed by atoms with E-state index in [4.69, 9.17) is 9.84 Å². The van der Waals surface area contributed by atoms with Crippen LogP contribution in [0, 0.1) is 11.8 Å². The summed E-state index contributed by atoms with van der Waals surface area (Å²) in [7, 11) is 0. The van der Waals surface area contributed by atoms with Gasteiger partial charge in [0.25, 0.3) is 0 Å². The number of unbranched alkanes of at least 4 members (excludes halogenated alkanes) is 8. The first-order valence-corrected chi connectivity index (χ1v) is 9.93. The van der Waals surface area contributed by atoms with Crippen molar-refractivity contribution in [1.29, 1.82) is 0 Å². The van der Waals surface area contributed by atoms with Gasteiger partial charge in [0.1, 0.15) is 0 Å². The number of carbonyl (C=O) groups is 1. The first-order valence-electron chi connectivity index (χ1n) is 9.93. The van der Waals surface area contributed by atoms with Gasteiger partial charge in [-0.2, -0.15) is 0 Å². The third-order valence-corrected chi connectivity index (χ3v) is 4.47. The Hall–Kier alpha value is -0.570. The van der Waals surface area contributed by atoms with Crippen LogP contribution in [-0.4, -0.2) is 24.3 Å². The number of hydrogen-bond acceptors (Lipinski definition) is 3. The summed E-state index contributed by atoms with van der Waals surface area (Å²) in [6, 6.07) is 0. The van der Waals surface area contributed by atoms with Crippen LogP contribution in [0.4, 0.5) is 0 Å². The van der Waals surface area contributed by atoms with Gasteiger partial charge in [-0.25, -0.2) is 0 Å². The first-order chi connectivity index (χ1) is 11.2. The van der Waals surface area contributed by atoms with Gasteiger partial charge >= 0.3 is 5.97 Å². The molecule has 0 aliphatic heterocycles. The smallest absolute Gasteiger partial charge is 0.308 e. The summed E-state index contributed by atoms with van der Waals surface area (Å²) in [5, 5.41) is 9.04. The van der Waals surface area contributed by atoms with Gasteiger partial charge in [-0.1, -0.05) is 85.0 Å². The third-order valence-electron chi connectivity index (χ3n) is 4.47. The second-order valence-electron chi connectivity index (χ2n) is 7.02. The van der Waals surface area contributed by atoms with Gasteiger partial charge in [-0.15, -0.1) is 0 Å². The van der Waals surface area contributed by atoms with Gasteiger partial charge in [-0.3, -0.25) is 4.79 Å². The van der Waals surface area contributed by atoms with E-state index in [1.54, 1.807) is 0 Å². The lowest BCUT2D eigenvalue weighted by Crippen LogP contribution is -2.22. The molecule has 2 atom stereocenters. The molecule has 0 aliphatic rings. The van der Waals surface area contributed by atoms with Crippen LogP contribution in [0.3, 0.4) is 0 Å². The van der Waals surface area contributed by atoms with E-state index in [0.717, 1.165) is 25.7 Å². The van der Waals surface area contributed by atoms with E-state index in [0.29, 0.717) is 6.61 Å². The molecule has 0 amide bonds. The lowest BCUT2D eigenvalue weighted by molar-refractivity contribution is -0.150. The van der Waals surface area contributed by atoms with Gasteiger partial charge in [0.15, 0.2) is 0 Å². The average molecular weight is 329 g/mol. The molecule has 2 unspecified atom stereocenters. The summed E-state index contributed by atoms with van der Waals surface area (Å²) >= 11 is 0. The van der Waals surface area contributed by atoms with Crippen molar-refractivity contribution in [1.82, 2.24) is 0 Å². The molecule has 0 fully saturated rings. The summed E-state index contributed by atoms with van der Waals surface area (Å²) in [6.07, 6.45) is 14.3. The van der Waals surface area contributed by atoms with Crippen molar-refractivity contribution < 1.29 is 14.6 Å². The Morgan fingerprint density at radius 2 is 1.35 bits per heavy atom. The largest absolute Gasteiger partial charge is 0.465 e. The van der Waals surface area contributed by atoms with E-state index < -0.39 is 0 Å². The topological polar surface area (TPSA) is 46.5 Å². The molecule has 0 aliphatic carbocycles. The fraction of sp³-hybridized carbons (Fsp3) is 0.950. The zero-order valence-corrected chi connectivity index (χ0v) is 15.8. The maximum atomic E-state index is 12.3. The van der Waals surface area contributed by atoms with Gasteiger partial charge in [0, 0.05) is 12.5 Å². The zero-order valence-electron chi connectivity index (χ0n) is 15.8. The van der Waals surface area contributed by atoms with Crippen molar-refractivity contribution in [3.63, 3.8) is 0 Å². The van der Waals surface area contributed by atoms with Crippen molar-refractivity contribution in [3.05, 3.63) is 0 Å². The molecule has 3 nitrogen and oxygen atoms in total. The van der Waals surface area contributed by atoms with E-state index in [-0.39, 0.29) is 24.4 Å². The lowest BCUT2D eigenvalue weighted by Gasteiger charge is -2.17. The molecule has 138 valence electrons. The minimum Gasteiger partial charge on any atom is -0.465 e. The average Bonchev–Trinajstić information content (AvgIpc) is 2.57. The molecule has 0 aromatic carbocycles. The predicted octanol–water partition coefficient (Wildman–Crippen LogP) is 5.50. The highest BCUT2D eigenvalue weighted by Gasteiger charge is 2.20. The normalized spacial score (nSPS) is 13.7. The van der Waals surface area contributed by atoms with Crippen LogP contribution in [0.5, 0.6) is 0 Å². The fourth-order valence-electron chi connectivity index (χ4n) is 2.76. The molecule has 23 heavy (non-hydrogen) atoms. The van der Waals surface area contributed by atoms with Crippen LogP contribution in [0.15, 0.2) is 0 Å². The molecule has 0 saturated carbocycles. The minimum atomic E-state index is -0.0460. The molecule has 0 aromatic rings. The molecule has 0 aromatic heterocycles. The summed E-state index contributed by atoms with van der Waals surface area (Å²) < 4.78 is 5.41. The van der Waals surface area contributed by atoms with E-state index >= 15 is 0 Å². The Morgan fingerprint density at radius 3 is 1.87 bits per heavy atom. The van der Waals surface area contributed by atoms with Gasteiger partial charge < -0.3 is 9.84 Å². The van der Waals surface area contributed by atoms with E-state index in [1.807, 2.05) is 6.92 Å². The molecular formula is C20H40O3. The molecule has 0 radical (unpaired) electrons. The van der Waals surface area contributed by atoms with E-state index in [2.05, 4.69) is 13.8 Å². The first kappa shape index (κ1) is 22.4. The van der Waals surface area contributed by atoms with Crippen molar-refractivity contribution in [2.75, 3.05) is 13.2 Å². The monoisotopic (exact) mass is 328 g/mol. The SMILES string of the molecule is CCCCCCCCC(CCCCCC)C(=O)OCC(C)CO. The molecule has 0 spiro atoms. The molecule has 0 saturated heterocycles. The number of carbonyl (C=O) groups excluding carboxylic acids is 1. The van der Waals surface area contributed by atoms with Crippen molar-refractivity contribution in [2.45, 2.75) is 97.8 Å². The van der Waals surface area contributed by atoms with Crippen LogP contribution in [0.2, 0.25) is 0 Å². The number of aliphatic hydroxyl groups excluding tert-OH is 1. The number of aliphatic hydroxyl groups is 1. The van der Waals surface area contributed by atoms with Crippen LogP contribution >= 0.6 is 0 Å². The highest BCUT2D eigenvalue weighted by atomic mass is 16.5. The zero-order chi connectivity index (χ0) is 17.3. The number of ether oxygens (including phenoxy) is 1. The summed E-state index contributed by atoms with van der Waals surface area (Å²) in [5.41, 5.74) is 0. The molecule has 3 heteroatoms. The maximum absolute atomic E-state index is 12.3. The van der Waals surface area contributed by atoms with Crippen molar-refractivity contribution in [3.8, 4) is 0 Å².